The Hall–Kier alpha value is -3.03. The zero-order valence-corrected chi connectivity index (χ0v) is 15.1. The van der Waals surface area contributed by atoms with E-state index in [-0.39, 0.29) is 13.0 Å². The third-order valence-electron chi connectivity index (χ3n) is 3.88. The molecule has 0 fully saturated rings. The first-order valence-electron chi connectivity index (χ1n) is 8.10. The zero-order valence-electron chi connectivity index (χ0n) is 15.1. The molecule has 2 rings (SSSR count). The largest absolute Gasteiger partial charge is 0.495 e. The number of nitrogens with one attached hydrogen (secondary N) is 1. The number of benzene rings is 2. The van der Waals surface area contributed by atoms with Crippen LogP contribution in [0.1, 0.15) is 18.9 Å². The Morgan fingerprint density at radius 3 is 2.44 bits per heavy atom. The lowest BCUT2D eigenvalue weighted by Gasteiger charge is -2.22. The molecule has 0 unspecified atom stereocenters. The van der Waals surface area contributed by atoms with Gasteiger partial charge in [0, 0.05) is 19.9 Å². The third-order valence-corrected chi connectivity index (χ3v) is 3.88. The first-order valence-corrected chi connectivity index (χ1v) is 8.10. The third kappa shape index (κ3) is 4.78. The predicted molar refractivity (Wildman–Crippen MR) is 95.3 cm³/mol. The Labute approximate surface area is 154 Å². The fourth-order valence-electron chi connectivity index (χ4n) is 2.52. The van der Waals surface area contributed by atoms with Crippen LogP contribution < -0.4 is 15.0 Å². The summed E-state index contributed by atoms with van der Waals surface area (Å²) in [5.74, 6) is -5.11. The van der Waals surface area contributed by atoms with Gasteiger partial charge < -0.3 is 15.0 Å². The summed E-state index contributed by atoms with van der Waals surface area (Å²) in [6.07, 6.45) is -0.185. The van der Waals surface area contributed by atoms with Crippen molar-refractivity contribution in [3.05, 3.63) is 53.3 Å². The molecule has 144 valence electrons. The van der Waals surface area contributed by atoms with Gasteiger partial charge in [-0.2, -0.15) is 0 Å². The molecule has 27 heavy (non-hydrogen) atoms. The molecule has 5 nitrogen and oxygen atoms in total. The first kappa shape index (κ1) is 20.3. The predicted octanol–water partition coefficient (Wildman–Crippen LogP) is 3.80. The van der Waals surface area contributed by atoms with Crippen LogP contribution in [0.15, 0.2) is 30.3 Å². The average Bonchev–Trinajstić information content (AvgIpc) is 2.61. The maximum absolute atomic E-state index is 14.0. The number of aryl methyl sites for hydroxylation is 1. The minimum Gasteiger partial charge on any atom is -0.495 e. The normalized spacial score (nSPS) is 10.4. The van der Waals surface area contributed by atoms with Crippen LogP contribution in [-0.2, 0) is 9.59 Å². The molecule has 0 radical (unpaired) electrons. The molecule has 0 saturated heterocycles. The summed E-state index contributed by atoms with van der Waals surface area (Å²) in [4.78, 5) is 24.9. The summed E-state index contributed by atoms with van der Waals surface area (Å²) in [7, 11) is 1.46. The molecule has 0 saturated carbocycles. The summed E-state index contributed by atoms with van der Waals surface area (Å²) in [5.41, 5.74) is 0.929. The van der Waals surface area contributed by atoms with Crippen molar-refractivity contribution in [3.63, 3.8) is 0 Å². The molecule has 0 aliphatic carbocycles. The molecule has 0 atom stereocenters. The monoisotopic (exact) mass is 380 g/mol. The van der Waals surface area contributed by atoms with Crippen molar-refractivity contribution in [2.75, 3.05) is 23.9 Å². The number of ether oxygens (including phenoxy) is 1. The van der Waals surface area contributed by atoms with Gasteiger partial charge >= 0.3 is 0 Å². The van der Waals surface area contributed by atoms with Gasteiger partial charge in [0.2, 0.25) is 11.8 Å². The number of halogens is 3. The number of nitrogens with zero attached hydrogens (tertiary/aromatic N) is 1. The number of hydrogen-bond donors (Lipinski definition) is 1. The topological polar surface area (TPSA) is 58.6 Å². The van der Waals surface area contributed by atoms with E-state index < -0.39 is 35.0 Å². The van der Waals surface area contributed by atoms with Crippen LogP contribution in [-0.4, -0.2) is 25.5 Å². The van der Waals surface area contributed by atoms with Gasteiger partial charge in [0.1, 0.15) is 5.75 Å². The number of amides is 2. The minimum atomic E-state index is -1.67. The molecule has 0 aliphatic rings. The lowest BCUT2D eigenvalue weighted by Crippen LogP contribution is -2.33. The minimum absolute atomic E-state index is 0.185. The maximum atomic E-state index is 14.0. The molecule has 8 heteroatoms. The van der Waals surface area contributed by atoms with Gasteiger partial charge in [0.05, 0.1) is 18.5 Å². The van der Waals surface area contributed by atoms with E-state index in [1.807, 2.05) is 13.0 Å². The maximum Gasteiger partial charge on any atom is 0.226 e. The molecule has 0 aromatic heterocycles. The lowest BCUT2D eigenvalue weighted by molar-refractivity contribution is -0.117. The van der Waals surface area contributed by atoms with E-state index in [1.54, 1.807) is 12.1 Å². The Morgan fingerprint density at radius 1 is 1.11 bits per heavy atom. The van der Waals surface area contributed by atoms with Crippen LogP contribution in [0.2, 0.25) is 0 Å². The van der Waals surface area contributed by atoms with Crippen molar-refractivity contribution in [2.24, 2.45) is 0 Å². The molecular weight excluding hydrogens is 361 g/mol. The van der Waals surface area contributed by atoms with Crippen LogP contribution in [0.4, 0.5) is 24.5 Å². The molecule has 2 aromatic carbocycles. The summed E-state index contributed by atoms with van der Waals surface area (Å²) < 4.78 is 45.7. The van der Waals surface area contributed by atoms with Crippen LogP contribution in [0.25, 0.3) is 0 Å². The average molecular weight is 380 g/mol. The van der Waals surface area contributed by atoms with Crippen LogP contribution in [0.5, 0.6) is 5.75 Å². The van der Waals surface area contributed by atoms with E-state index in [9.17, 15) is 22.8 Å². The molecule has 2 amide bonds. The van der Waals surface area contributed by atoms with Crippen molar-refractivity contribution in [1.82, 2.24) is 0 Å². The van der Waals surface area contributed by atoms with Crippen molar-refractivity contribution in [3.8, 4) is 5.75 Å². The standard InChI is InChI=1S/C19H19F3N2O3/c1-11-4-7-16(27-3)14(10-11)23-17(26)8-9-24(12(2)25)15-6-5-13(20)18(21)19(15)22/h4-7,10H,8-9H2,1-3H3,(H,23,26). The number of hydrogen-bond acceptors (Lipinski definition) is 3. The Kier molecular flexibility index (Phi) is 6.44. The Bertz CT molecular complexity index is 872. The van der Waals surface area contributed by atoms with E-state index in [0.29, 0.717) is 11.4 Å². The molecule has 2 aromatic rings. The van der Waals surface area contributed by atoms with E-state index in [2.05, 4.69) is 5.32 Å². The number of carbonyl (C=O) groups is 2. The number of anilines is 2. The Morgan fingerprint density at radius 2 is 1.81 bits per heavy atom. The number of methoxy groups -OCH3 is 1. The lowest BCUT2D eigenvalue weighted by atomic mass is 10.2. The molecule has 1 N–H and O–H groups in total. The molecular formula is C19H19F3N2O3. The van der Waals surface area contributed by atoms with E-state index in [0.717, 1.165) is 29.5 Å². The quantitative estimate of drug-likeness (QED) is 0.776. The van der Waals surface area contributed by atoms with Crippen molar-refractivity contribution < 1.29 is 27.5 Å². The zero-order chi connectivity index (χ0) is 20.1. The van der Waals surface area contributed by atoms with Crippen molar-refractivity contribution in [1.29, 1.82) is 0 Å². The van der Waals surface area contributed by atoms with E-state index in [1.165, 1.54) is 7.11 Å². The second kappa shape index (κ2) is 8.57. The second-order valence-electron chi connectivity index (χ2n) is 5.87. The summed E-state index contributed by atoms with van der Waals surface area (Å²) in [6.45, 7) is 2.78. The summed E-state index contributed by atoms with van der Waals surface area (Å²) >= 11 is 0. The van der Waals surface area contributed by atoms with Crippen LogP contribution in [0.3, 0.4) is 0 Å². The van der Waals surface area contributed by atoms with Crippen LogP contribution >= 0.6 is 0 Å². The highest BCUT2D eigenvalue weighted by molar-refractivity contribution is 5.95. The van der Waals surface area contributed by atoms with Gasteiger partial charge in [-0.05, 0) is 36.8 Å². The summed E-state index contributed by atoms with van der Waals surface area (Å²) in [5, 5.41) is 2.65. The molecule has 0 bridgehead atoms. The van der Waals surface area contributed by atoms with Gasteiger partial charge in [-0.15, -0.1) is 0 Å². The highest BCUT2D eigenvalue weighted by Crippen LogP contribution is 2.26. The second-order valence-corrected chi connectivity index (χ2v) is 5.87. The SMILES string of the molecule is COc1ccc(C)cc1NC(=O)CCN(C(C)=O)c1ccc(F)c(F)c1F. The molecule has 0 heterocycles. The number of rotatable bonds is 6. The van der Waals surface area contributed by atoms with Crippen molar-refractivity contribution in [2.45, 2.75) is 20.3 Å². The smallest absolute Gasteiger partial charge is 0.226 e. The number of carbonyl (C=O) groups excluding carboxylic acids is 2. The Balaban J connectivity index is 2.13. The van der Waals surface area contributed by atoms with Gasteiger partial charge in [0.15, 0.2) is 17.5 Å². The molecule has 0 aliphatic heterocycles. The fraction of sp³-hybridized carbons (Fsp3) is 0.263. The van der Waals surface area contributed by atoms with Crippen molar-refractivity contribution >= 4 is 23.2 Å². The van der Waals surface area contributed by atoms with Gasteiger partial charge in [-0.3, -0.25) is 9.59 Å². The van der Waals surface area contributed by atoms with E-state index >= 15 is 0 Å². The summed E-state index contributed by atoms with van der Waals surface area (Å²) in [6, 6.07) is 6.91. The highest BCUT2D eigenvalue weighted by Gasteiger charge is 2.22. The first-order chi connectivity index (χ1) is 12.7. The highest BCUT2D eigenvalue weighted by atomic mass is 19.2. The van der Waals surface area contributed by atoms with E-state index in [4.69, 9.17) is 4.74 Å². The van der Waals surface area contributed by atoms with Gasteiger partial charge in [-0.1, -0.05) is 6.07 Å². The molecule has 0 spiro atoms. The van der Waals surface area contributed by atoms with Gasteiger partial charge in [0.25, 0.3) is 0 Å². The fourth-order valence-corrected chi connectivity index (χ4v) is 2.52. The van der Waals surface area contributed by atoms with Crippen LogP contribution in [0, 0.1) is 24.4 Å². The van der Waals surface area contributed by atoms with Gasteiger partial charge in [-0.25, -0.2) is 13.2 Å².